The van der Waals surface area contributed by atoms with Crippen molar-refractivity contribution in [2.75, 3.05) is 0 Å². The van der Waals surface area contributed by atoms with Gasteiger partial charge in [0.25, 0.3) is 0 Å². The zero-order valence-electron chi connectivity index (χ0n) is 37.0. The van der Waals surface area contributed by atoms with Gasteiger partial charge in [-0.15, -0.1) is 54.1 Å². The fourth-order valence-electron chi connectivity index (χ4n) is 9.30. The van der Waals surface area contributed by atoms with Gasteiger partial charge in [0.15, 0.2) is 0 Å². The van der Waals surface area contributed by atoms with E-state index in [0.29, 0.717) is 0 Å². The maximum absolute atomic E-state index is 6.91. The van der Waals surface area contributed by atoms with Crippen LogP contribution in [-0.4, -0.2) is 22.6 Å². The molecule has 7 aromatic carbocycles. The minimum Gasteiger partial charge on any atom is -0.501 e. The van der Waals surface area contributed by atoms with Crippen LogP contribution in [0.15, 0.2) is 174 Å². The van der Waals surface area contributed by atoms with E-state index < -0.39 is 8.07 Å². The van der Waals surface area contributed by atoms with Crippen molar-refractivity contribution in [2.24, 2.45) is 0 Å². The van der Waals surface area contributed by atoms with Crippen molar-refractivity contribution in [2.45, 2.75) is 52.6 Å². The van der Waals surface area contributed by atoms with Gasteiger partial charge in [-0.05, 0) is 97.7 Å². The van der Waals surface area contributed by atoms with Gasteiger partial charge in [0.2, 0.25) is 0 Å². The molecule has 1 aliphatic heterocycles. The van der Waals surface area contributed by atoms with E-state index in [0.717, 1.165) is 55.6 Å². The topological polar surface area (TPSA) is 43.9 Å². The third-order valence-electron chi connectivity index (χ3n) is 12.5. The van der Waals surface area contributed by atoms with Crippen LogP contribution in [-0.2, 0) is 20.1 Å². The van der Waals surface area contributed by atoms with E-state index in [1.807, 2.05) is 48.5 Å². The van der Waals surface area contributed by atoms with Crippen molar-refractivity contribution in [3.05, 3.63) is 204 Å². The number of aromatic nitrogens is 3. The van der Waals surface area contributed by atoms with Gasteiger partial charge in [-0.1, -0.05) is 149 Å². The number of imidazole rings is 1. The molecule has 0 atom stereocenters. The molecular formula is C58H49IrN3OSi-2. The summed E-state index contributed by atoms with van der Waals surface area (Å²) in [5.74, 6) is 1.41. The van der Waals surface area contributed by atoms with E-state index in [1.54, 1.807) is 6.20 Å². The Labute approximate surface area is 390 Å². The summed E-state index contributed by atoms with van der Waals surface area (Å²) in [6.07, 6.45) is 4.19. The zero-order valence-corrected chi connectivity index (χ0v) is 40.4. The minimum atomic E-state index is -1.84. The van der Waals surface area contributed by atoms with Crippen LogP contribution in [0.1, 0.15) is 61.8 Å². The molecule has 3 aromatic heterocycles. The third kappa shape index (κ3) is 7.70. The Morgan fingerprint density at radius 1 is 0.625 bits per heavy atom. The summed E-state index contributed by atoms with van der Waals surface area (Å²) in [6, 6.07) is 64.2. The van der Waals surface area contributed by atoms with Gasteiger partial charge < -0.3 is 14.0 Å². The molecule has 0 fully saturated rings. The summed E-state index contributed by atoms with van der Waals surface area (Å²) >= 11 is 0. The second-order valence-electron chi connectivity index (χ2n) is 17.6. The number of pyridine rings is 1. The monoisotopic (exact) mass is 1020 g/mol. The summed E-state index contributed by atoms with van der Waals surface area (Å²) in [5, 5.41) is 5.14. The predicted octanol–water partition coefficient (Wildman–Crippen LogP) is 14.9. The number of para-hydroxylation sites is 2. The fraction of sp³-hybridized carbons (Fsp3) is 0.138. The first kappa shape index (κ1) is 42.8. The van der Waals surface area contributed by atoms with Crippen molar-refractivity contribution < 1.29 is 24.5 Å². The van der Waals surface area contributed by atoms with E-state index in [1.165, 1.54) is 49.5 Å². The Morgan fingerprint density at radius 3 is 2.06 bits per heavy atom. The van der Waals surface area contributed by atoms with Crippen LogP contribution >= 0.6 is 0 Å². The van der Waals surface area contributed by atoms with Crippen LogP contribution in [0.4, 0.5) is 0 Å². The molecular weight excluding hydrogens is 975 g/mol. The van der Waals surface area contributed by atoms with Crippen LogP contribution in [0.2, 0.25) is 13.1 Å². The first-order chi connectivity index (χ1) is 30.7. The molecule has 10 aromatic rings. The molecule has 4 heterocycles. The molecule has 0 unspecified atom stereocenters. The van der Waals surface area contributed by atoms with Gasteiger partial charge in [0.1, 0.15) is 13.7 Å². The Kier molecular flexibility index (Phi) is 11.8. The second kappa shape index (κ2) is 17.6. The number of hydrogen-bond donors (Lipinski definition) is 0. The van der Waals surface area contributed by atoms with Gasteiger partial charge >= 0.3 is 0 Å². The van der Waals surface area contributed by atoms with Crippen LogP contribution in [0.5, 0.6) is 0 Å². The SMILES string of the molecule is CC(C)c1cc(-c2ccccc2)cc(C(C)C)c1-n1c(-c2[c-]ccc3c2oc2cc(C4=Cc5ccccc5[Si]4(C)C)ccc23)nc2ccccc21.[Ir].[c-]1ccccc1-c1ccccn1. The average molecular weight is 1020 g/mol. The maximum atomic E-state index is 6.91. The molecule has 4 nitrogen and oxygen atoms in total. The normalized spacial score (nSPS) is 12.9. The van der Waals surface area contributed by atoms with Crippen LogP contribution in [0.25, 0.3) is 83.7 Å². The van der Waals surface area contributed by atoms with Crippen molar-refractivity contribution in [1.29, 1.82) is 0 Å². The van der Waals surface area contributed by atoms with Gasteiger partial charge in [-0.2, -0.15) is 0 Å². The second-order valence-corrected chi connectivity index (χ2v) is 21.9. The molecule has 6 heteroatoms. The molecule has 0 saturated carbocycles. The molecule has 0 spiro atoms. The molecule has 0 aliphatic carbocycles. The summed E-state index contributed by atoms with van der Waals surface area (Å²) in [4.78, 5) is 9.57. The summed E-state index contributed by atoms with van der Waals surface area (Å²) in [5.41, 5.74) is 15.5. The van der Waals surface area contributed by atoms with Crippen molar-refractivity contribution in [3.63, 3.8) is 0 Å². The zero-order chi connectivity index (χ0) is 43.2. The Morgan fingerprint density at radius 2 is 1.34 bits per heavy atom. The van der Waals surface area contributed by atoms with E-state index in [-0.39, 0.29) is 31.9 Å². The molecule has 0 saturated heterocycles. The first-order valence-corrected chi connectivity index (χ1v) is 25.0. The summed E-state index contributed by atoms with van der Waals surface area (Å²) in [7, 11) is -1.84. The average Bonchev–Trinajstić information content (AvgIpc) is 3.98. The quantitative estimate of drug-likeness (QED) is 0.118. The molecule has 0 amide bonds. The number of nitrogens with zero attached hydrogens (tertiary/aromatic N) is 3. The number of hydrogen-bond acceptors (Lipinski definition) is 3. The molecule has 317 valence electrons. The number of rotatable bonds is 7. The number of benzene rings is 7. The number of furan rings is 1. The Bertz CT molecular complexity index is 3240. The largest absolute Gasteiger partial charge is 0.501 e. The molecule has 11 rings (SSSR count). The minimum absolute atomic E-state index is 0. The smallest absolute Gasteiger partial charge is 0.121 e. The van der Waals surface area contributed by atoms with Crippen LogP contribution in [0, 0.1) is 12.1 Å². The Balaban J connectivity index is 0.000000345. The first-order valence-electron chi connectivity index (χ1n) is 22.0. The Hall–Kier alpha value is -6.43. The summed E-state index contributed by atoms with van der Waals surface area (Å²) < 4.78 is 9.29. The van der Waals surface area contributed by atoms with E-state index in [2.05, 4.69) is 184 Å². The molecule has 1 radical (unpaired) electrons. The third-order valence-corrected chi connectivity index (χ3v) is 16.1. The summed E-state index contributed by atoms with van der Waals surface area (Å²) in [6.45, 7) is 14.1. The van der Waals surface area contributed by atoms with Gasteiger partial charge in [0, 0.05) is 37.4 Å². The molecule has 0 N–H and O–H groups in total. The van der Waals surface area contributed by atoms with Crippen molar-refractivity contribution in [3.8, 4) is 39.5 Å². The van der Waals surface area contributed by atoms with Crippen molar-refractivity contribution >= 4 is 57.5 Å². The maximum Gasteiger partial charge on any atom is 0.121 e. The number of fused-ring (bicyclic) bond motifs is 5. The van der Waals surface area contributed by atoms with Crippen LogP contribution in [0.3, 0.4) is 0 Å². The van der Waals surface area contributed by atoms with E-state index in [9.17, 15) is 0 Å². The van der Waals surface area contributed by atoms with Gasteiger partial charge in [-0.3, -0.25) is 4.98 Å². The fourth-order valence-corrected chi connectivity index (χ4v) is 12.4. The van der Waals surface area contributed by atoms with Crippen LogP contribution < -0.4 is 5.19 Å². The van der Waals surface area contributed by atoms with E-state index in [4.69, 9.17) is 9.40 Å². The van der Waals surface area contributed by atoms with Crippen molar-refractivity contribution in [1.82, 2.24) is 14.5 Å². The molecule has 1 aliphatic rings. The molecule has 64 heavy (non-hydrogen) atoms. The predicted molar refractivity (Wildman–Crippen MR) is 266 cm³/mol. The van der Waals surface area contributed by atoms with E-state index >= 15 is 0 Å². The standard InChI is InChI=1S/C47H41N2OSi.C11H8N.Ir/c1-29(2)38-25-34(31-15-8-7-9-16-31)26-39(30(3)4)45(38)49-41-21-12-11-20-40(41)48-47(49)37-19-14-18-36-35-24-23-33(27-42(35)50-46(36)37)44-28-32-17-10-13-22-43(32)51(44,5)6;1-2-6-10(7-3-1)11-8-4-5-9-12-11;/h7-18,20-30H,1-6H3;1-6,8-9H;/q2*-1;. The van der Waals surface area contributed by atoms with Gasteiger partial charge in [0.05, 0.1) is 22.4 Å². The van der Waals surface area contributed by atoms with Gasteiger partial charge in [-0.25, -0.2) is 0 Å². The molecule has 0 bridgehead atoms.